The van der Waals surface area contributed by atoms with Crippen LogP contribution in [0.3, 0.4) is 0 Å². The number of fused-ring (bicyclic) bond motifs is 1. The number of nitrogens with zero attached hydrogens (tertiary/aromatic N) is 1. The third-order valence-corrected chi connectivity index (χ3v) is 4.56. The number of hydrogen-bond acceptors (Lipinski definition) is 1. The molecule has 1 aliphatic carbocycles. The van der Waals surface area contributed by atoms with Gasteiger partial charge in [-0.25, -0.2) is 0 Å². The normalized spacial score (nSPS) is 16.9. The molecule has 1 fully saturated rings. The highest BCUT2D eigenvalue weighted by atomic mass is 79.9. The van der Waals surface area contributed by atoms with Crippen molar-refractivity contribution in [3.8, 4) is 5.75 Å². The Kier molecular flexibility index (Phi) is 3.83. The lowest BCUT2D eigenvalue weighted by Crippen LogP contribution is -2.15. The SMILES string of the molecule is Cn1ccc2cc(Br)cc(OCC3CCCCC3)c21. The van der Waals surface area contributed by atoms with Crippen LogP contribution in [0, 0.1) is 5.92 Å². The van der Waals surface area contributed by atoms with Crippen molar-refractivity contribution in [2.45, 2.75) is 32.1 Å². The molecule has 0 unspecified atom stereocenters. The van der Waals surface area contributed by atoms with E-state index >= 15 is 0 Å². The Bertz CT molecular complexity index is 569. The molecule has 102 valence electrons. The van der Waals surface area contributed by atoms with Crippen LogP contribution >= 0.6 is 15.9 Å². The van der Waals surface area contributed by atoms with Gasteiger partial charge in [-0.1, -0.05) is 35.2 Å². The molecule has 1 aliphatic rings. The van der Waals surface area contributed by atoms with Crippen LogP contribution < -0.4 is 4.74 Å². The van der Waals surface area contributed by atoms with Gasteiger partial charge in [0.2, 0.25) is 0 Å². The molecule has 1 aromatic heterocycles. The fourth-order valence-corrected chi connectivity index (χ4v) is 3.49. The van der Waals surface area contributed by atoms with E-state index in [0.717, 1.165) is 22.7 Å². The molecule has 0 amide bonds. The summed E-state index contributed by atoms with van der Waals surface area (Å²) in [5, 5.41) is 1.23. The van der Waals surface area contributed by atoms with Crippen molar-refractivity contribution in [2.24, 2.45) is 13.0 Å². The largest absolute Gasteiger partial charge is 0.491 e. The van der Waals surface area contributed by atoms with Gasteiger partial charge < -0.3 is 9.30 Å². The first-order chi connectivity index (χ1) is 9.24. The first-order valence-electron chi connectivity index (χ1n) is 7.11. The van der Waals surface area contributed by atoms with Crippen molar-refractivity contribution in [2.75, 3.05) is 6.61 Å². The van der Waals surface area contributed by atoms with Crippen molar-refractivity contribution in [3.63, 3.8) is 0 Å². The molecule has 0 atom stereocenters. The van der Waals surface area contributed by atoms with Gasteiger partial charge in [-0.05, 0) is 37.0 Å². The minimum Gasteiger partial charge on any atom is -0.491 e. The molecule has 0 radical (unpaired) electrons. The number of rotatable bonds is 3. The van der Waals surface area contributed by atoms with E-state index in [9.17, 15) is 0 Å². The van der Waals surface area contributed by atoms with Gasteiger partial charge in [-0.2, -0.15) is 0 Å². The lowest BCUT2D eigenvalue weighted by Gasteiger charge is -2.22. The number of aromatic nitrogens is 1. The number of halogens is 1. The van der Waals surface area contributed by atoms with Crippen LogP contribution in [0.1, 0.15) is 32.1 Å². The predicted molar refractivity (Wildman–Crippen MR) is 82.7 cm³/mol. The van der Waals surface area contributed by atoms with Gasteiger partial charge in [-0.3, -0.25) is 0 Å². The standard InChI is InChI=1S/C16H20BrNO/c1-18-8-7-13-9-14(17)10-15(16(13)18)19-11-12-5-3-2-4-6-12/h7-10,12H,2-6,11H2,1H3. The van der Waals surface area contributed by atoms with E-state index in [1.807, 2.05) is 0 Å². The maximum absolute atomic E-state index is 6.13. The lowest BCUT2D eigenvalue weighted by atomic mass is 9.90. The summed E-state index contributed by atoms with van der Waals surface area (Å²) in [5.41, 5.74) is 1.19. The summed E-state index contributed by atoms with van der Waals surface area (Å²) in [7, 11) is 2.07. The van der Waals surface area contributed by atoms with E-state index in [-0.39, 0.29) is 0 Å². The summed E-state index contributed by atoms with van der Waals surface area (Å²) in [6.45, 7) is 0.858. The molecule has 1 heterocycles. The molecular formula is C16H20BrNO. The van der Waals surface area contributed by atoms with Crippen LogP contribution in [-0.2, 0) is 7.05 Å². The molecule has 3 heteroatoms. The Morgan fingerprint density at radius 3 is 2.84 bits per heavy atom. The zero-order valence-corrected chi connectivity index (χ0v) is 12.9. The zero-order valence-electron chi connectivity index (χ0n) is 11.4. The van der Waals surface area contributed by atoms with E-state index in [2.05, 4.69) is 51.9 Å². The topological polar surface area (TPSA) is 14.2 Å². The molecule has 0 spiro atoms. The minimum atomic E-state index is 0.739. The molecular weight excluding hydrogens is 302 g/mol. The van der Waals surface area contributed by atoms with Crippen molar-refractivity contribution < 1.29 is 4.74 Å². The van der Waals surface area contributed by atoms with Gasteiger partial charge in [0.15, 0.2) is 0 Å². The second-order valence-corrected chi connectivity index (χ2v) is 6.50. The average Bonchev–Trinajstić information content (AvgIpc) is 2.79. The van der Waals surface area contributed by atoms with Crippen LogP contribution in [0.25, 0.3) is 10.9 Å². The number of hydrogen-bond donors (Lipinski definition) is 0. The number of ether oxygens (including phenoxy) is 1. The Morgan fingerprint density at radius 1 is 1.26 bits per heavy atom. The second kappa shape index (κ2) is 5.58. The van der Waals surface area contributed by atoms with Crippen LogP contribution in [-0.4, -0.2) is 11.2 Å². The molecule has 0 N–H and O–H groups in total. The Hall–Kier alpha value is -0.960. The summed E-state index contributed by atoms with van der Waals surface area (Å²) in [6.07, 6.45) is 8.87. The molecule has 2 aromatic rings. The van der Waals surface area contributed by atoms with Gasteiger partial charge in [0.25, 0.3) is 0 Å². The Balaban J connectivity index is 1.81. The fourth-order valence-electron chi connectivity index (χ4n) is 3.04. The first-order valence-corrected chi connectivity index (χ1v) is 7.91. The zero-order chi connectivity index (χ0) is 13.2. The summed E-state index contributed by atoms with van der Waals surface area (Å²) in [5.74, 6) is 1.74. The third-order valence-electron chi connectivity index (χ3n) is 4.10. The monoisotopic (exact) mass is 321 g/mol. The molecule has 0 saturated heterocycles. The van der Waals surface area contributed by atoms with E-state index in [1.165, 1.54) is 43.0 Å². The molecule has 19 heavy (non-hydrogen) atoms. The van der Waals surface area contributed by atoms with E-state index in [1.54, 1.807) is 0 Å². The average molecular weight is 322 g/mol. The first kappa shape index (κ1) is 13.0. The molecule has 2 nitrogen and oxygen atoms in total. The highest BCUT2D eigenvalue weighted by Crippen LogP contribution is 2.32. The van der Waals surface area contributed by atoms with Gasteiger partial charge >= 0.3 is 0 Å². The Labute approximate surface area is 122 Å². The Morgan fingerprint density at radius 2 is 2.05 bits per heavy atom. The third kappa shape index (κ3) is 2.81. The smallest absolute Gasteiger partial charge is 0.144 e. The quantitative estimate of drug-likeness (QED) is 0.784. The minimum absolute atomic E-state index is 0.739. The van der Waals surface area contributed by atoms with Crippen LogP contribution in [0.5, 0.6) is 5.75 Å². The maximum Gasteiger partial charge on any atom is 0.144 e. The number of benzene rings is 1. The summed E-state index contributed by atoms with van der Waals surface area (Å²) in [4.78, 5) is 0. The van der Waals surface area contributed by atoms with Crippen molar-refractivity contribution in [3.05, 3.63) is 28.9 Å². The molecule has 0 aliphatic heterocycles. The van der Waals surface area contributed by atoms with Crippen LogP contribution in [0.15, 0.2) is 28.9 Å². The van der Waals surface area contributed by atoms with Crippen molar-refractivity contribution >= 4 is 26.8 Å². The van der Waals surface area contributed by atoms with Crippen LogP contribution in [0.2, 0.25) is 0 Å². The molecule has 1 saturated carbocycles. The van der Waals surface area contributed by atoms with Crippen molar-refractivity contribution in [1.82, 2.24) is 4.57 Å². The van der Waals surface area contributed by atoms with E-state index < -0.39 is 0 Å². The van der Waals surface area contributed by atoms with Crippen LogP contribution in [0.4, 0.5) is 0 Å². The summed E-state index contributed by atoms with van der Waals surface area (Å²) < 4.78 is 9.35. The van der Waals surface area contributed by atoms with E-state index in [0.29, 0.717) is 0 Å². The highest BCUT2D eigenvalue weighted by molar-refractivity contribution is 9.10. The molecule has 0 bridgehead atoms. The number of aryl methyl sites for hydroxylation is 1. The van der Waals surface area contributed by atoms with Crippen molar-refractivity contribution in [1.29, 1.82) is 0 Å². The highest BCUT2D eigenvalue weighted by Gasteiger charge is 2.15. The fraction of sp³-hybridized carbons (Fsp3) is 0.500. The predicted octanol–water partition coefficient (Wildman–Crippen LogP) is 4.90. The summed E-state index contributed by atoms with van der Waals surface area (Å²) >= 11 is 3.57. The maximum atomic E-state index is 6.13. The van der Waals surface area contributed by atoms with Gasteiger partial charge in [0.05, 0.1) is 12.1 Å². The van der Waals surface area contributed by atoms with Gasteiger partial charge in [-0.15, -0.1) is 0 Å². The van der Waals surface area contributed by atoms with E-state index in [4.69, 9.17) is 4.74 Å². The van der Waals surface area contributed by atoms with Gasteiger partial charge in [0, 0.05) is 23.1 Å². The second-order valence-electron chi connectivity index (χ2n) is 5.58. The molecule has 3 rings (SSSR count). The van der Waals surface area contributed by atoms with Gasteiger partial charge in [0.1, 0.15) is 5.75 Å². The lowest BCUT2D eigenvalue weighted by molar-refractivity contribution is 0.210. The summed E-state index contributed by atoms with van der Waals surface area (Å²) in [6, 6.07) is 6.36. The molecule has 1 aromatic carbocycles.